The monoisotopic (exact) mass is 634 g/mol. The van der Waals surface area contributed by atoms with Gasteiger partial charge in [0.25, 0.3) is 5.91 Å². The lowest BCUT2D eigenvalue weighted by atomic mass is 9.33. The van der Waals surface area contributed by atoms with Crippen LogP contribution < -0.4 is 10.6 Å². The van der Waals surface area contributed by atoms with E-state index in [2.05, 4.69) is 65.2 Å². The maximum Gasteiger partial charge on any atom is 0.251 e. The summed E-state index contributed by atoms with van der Waals surface area (Å²) in [5, 5.41) is 36.6. The molecule has 0 bridgehead atoms. The third-order valence-electron chi connectivity index (χ3n) is 14.9. The number of phenols is 2. The highest BCUT2D eigenvalue weighted by Crippen LogP contribution is 2.75. The number of fused-ring (bicyclic) bond motifs is 7. The maximum atomic E-state index is 14.3. The molecule has 0 spiro atoms. The lowest BCUT2D eigenvalue weighted by Gasteiger charge is -2.71. The SMILES string of the molecule is CC1(C)CC[C@]2(C(=O)NCCNC(=O)c3cc(O)cc(O)c3)CC[C@]3(C)C(=CC[C@@H]4[C@@]5(C)CC[C@H](O)C(C)(C)[C@@H]5CC[C@]43C)[C@@H]2C1. The quantitative estimate of drug-likeness (QED) is 0.175. The molecule has 7 heteroatoms. The second-order valence-electron chi connectivity index (χ2n) is 18.0. The number of amides is 2. The van der Waals surface area contributed by atoms with Gasteiger partial charge < -0.3 is 26.0 Å². The van der Waals surface area contributed by atoms with Gasteiger partial charge in [0.15, 0.2) is 0 Å². The number of aliphatic hydroxyl groups excluding tert-OH is 1. The number of hydrogen-bond acceptors (Lipinski definition) is 5. The maximum absolute atomic E-state index is 14.3. The highest BCUT2D eigenvalue weighted by atomic mass is 16.3. The van der Waals surface area contributed by atoms with Gasteiger partial charge in [-0.15, -0.1) is 0 Å². The molecule has 254 valence electrons. The number of phenolic OH excluding ortho intramolecular Hbond substituents is 2. The van der Waals surface area contributed by atoms with Crippen LogP contribution in [-0.2, 0) is 4.79 Å². The first kappa shape index (κ1) is 33.4. The van der Waals surface area contributed by atoms with E-state index in [4.69, 9.17) is 0 Å². The summed E-state index contributed by atoms with van der Waals surface area (Å²) in [4.78, 5) is 26.9. The minimum absolute atomic E-state index is 0.0345. The molecule has 0 aromatic heterocycles. The Morgan fingerprint density at radius 3 is 2.15 bits per heavy atom. The molecule has 0 saturated heterocycles. The van der Waals surface area contributed by atoms with Crippen LogP contribution in [0.3, 0.4) is 0 Å². The van der Waals surface area contributed by atoms with Gasteiger partial charge in [-0.05, 0) is 121 Å². The Morgan fingerprint density at radius 1 is 0.804 bits per heavy atom. The molecule has 5 aliphatic carbocycles. The van der Waals surface area contributed by atoms with Crippen molar-refractivity contribution in [3.63, 3.8) is 0 Å². The van der Waals surface area contributed by atoms with E-state index in [1.807, 2.05) is 0 Å². The second kappa shape index (κ2) is 11.0. The normalized spacial score (nSPS) is 40.7. The van der Waals surface area contributed by atoms with Crippen LogP contribution in [0.15, 0.2) is 29.8 Å². The molecule has 0 unspecified atom stereocenters. The Hall–Kier alpha value is -2.54. The zero-order chi connectivity index (χ0) is 33.5. The van der Waals surface area contributed by atoms with Gasteiger partial charge >= 0.3 is 0 Å². The Kier molecular flexibility index (Phi) is 7.98. The van der Waals surface area contributed by atoms with Crippen LogP contribution in [0, 0.1) is 50.2 Å². The first-order valence-electron chi connectivity index (χ1n) is 17.9. The molecule has 1 aromatic rings. The van der Waals surface area contributed by atoms with E-state index in [0.29, 0.717) is 18.4 Å². The summed E-state index contributed by atoms with van der Waals surface area (Å²) in [6.45, 7) is 17.6. The molecule has 6 rings (SSSR count). The summed E-state index contributed by atoms with van der Waals surface area (Å²) in [5.74, 6) is 0.649. The van der Waals surface area contributed by atoms with Gasteiger partial charge in [-0.3, -0.25) is 9.59 Å². The van der Waals surface area contributed by atoms with E-state index in [9.17, 15) is 24.9 Å². The molecule has 4 saturated carbocycles. The third kappa shape index (κ3) is 4.92. The topological polar surface area (TPSA) is 119 Å². The Morgan fingerprint density at radius 2 is 1.46 bits per heavy atom. The summed E-state index contributed by atoms with van der Waals surface area (Å²) < 4.78 is 0. The van der Waals surface area contributed by atoms with Gasteiger partial charge in [0.1, 0.15) is 11.5 Å². The van der Waals surface area contributed by atoms with Crippen molar-refractivity contribution in [1.29, 1.82) is 0 Å². The molecule has 8 atom stereocenters. The van der Waals surface area contributed by atoms with E-state index >= 15 is 0 Å². The zero-order valence-electron chi connectivity index (χ0n) is 29.3. The molecule has 0 radical (unpaired) electrons. The van der Waals surface area contributed by atoms with E-state index in [0.717, 1.165) is 57.8 Å². The largest absolute Gasteiger partial charge is 0.508 e. The number of carbonyl (C=O) groups excluding carboxylic acids is 2. The molecule has 0 aliphatic heterocycles. The summed E-state index contributed by atoms with van der Waals surface area (Å²) in [6.07, 6.45) is 12.6. The fraction of sp³-hybridized carbons (Fsp3) is 0.744. The zero-order valence-corrected chi connectivity index (χ0v) is 29.3. The van der Waals surface area contributed by atoms with Crippen LogP contribution in [0.25, 0.3) is 0 Å². The van der Waals surface area contributed by atoms with Crippen molar-refractivity contribution in [2.75, 3.05) is 13.1 Å². The predicted molar refractivity (Wildman–Crippen MR) is 180 cm³/mol. The molecule has 5 N–H and O–H groups in total. The number of rotatable bonds is 5. The Bertz CT molecular complexity index is 1410. The van der Waals surface area contributed by atoms with Gasteiger partial charge in [0.05, 0.1) is 11.5 Å². The number of aromatic hydroxyl groups is 2. The number of aliphatic hydroxyl groups is 1. The molecule has 5 aliphatic rings. The van der Waals surface area contributed by atoms with Crippen LogP contribution in [0.5, 0.6) is 11.5 Å². The van der Waals surface area contributed by atoms with E-state index in [-0.39, 0.29) is 68.6 Å². The summed E-state index contributed by atoms with van der Waals surface area (Å²) in [5.41, 5.74) is 1.74. The van der Waals surface area contributed by atoms with Crippen LogP contribution in [0.2, 0.25) is 0 Å². The molecular formula is C39H58N2O5. The second-order valence-corrected chi connectivity index (χ2v) is 18.0. The van der Waals surface area contributed by atoms with Crippen molar-refractivity contribution >= 4 is 11.8 Å². The Labute approximate surface area is 276 Å². The van der Waals surface area contributed by atoms with Crippen molar-refractivity contribution < 1.29 is 24.9 Å². The first-order valence-corrected chi connectivity index (χ1v) is 17.9. The van der Waals surface area contributed by atoms with Crippen LogP contribution in [-0.4, -0.2) is 46.3 Å². The number of nitrogens with one attached hydrogen (secondary N) is 2. The third-order valence-corrected chi connectivity index (χ3v) is 14.9. The summed E-state index contributed by atoms with van der Waals surface area (Å²) in [7, 11) is 0. The van der Waals surface area contributed by atoms with Gasteiger partial charge in [-0.2, -0.15) is 0 Å². The highest BCUT2D eigenvalue weighted by Gasteiger charge is 2.69. The number of benzene rings is 1. The van der Waals surface area contributed by atoms with Gasteiger partial charge in [0.2, 0.25) is 5.91 Å². The van der Waals surface area contributed by atoms with Crippen molar-refractivity contribution in [3.05, 3.63) is 35.4 Å². The predicted octanol–water partition coefficient (Wildman–Crippen LogP) is 7.11. The van der Waals surface area contributed by atoms with Gasteiger partial charge in [-0.1, -0.05) is 60.1 Å². The lowest BCUT2D eigenvalue weighted by Crippen LogP contribution is -2.65. The molecule has 0 heterocycles. The average molecular weight is 635 g/mol. The molecule has 7 nitrogen and oxygen atoms in total. The van der Waals surface area contributed by atoms with Crippen LogP contribution >= 0.6 is 0 Å². The fourth-order valence-electron chi connectivity index (χ4n) is 12.0. The van der Waals surface area contributed by atoms with Gasteiger partial charge in [-0.25, -0.2) is 0 Å². The van der Waals surface area contributed by atoms with Crippen molar-refractivity contribution in [2.24, 2.45) is 50.2 Å². The lowest BCUT2D eigenvalue weighted by molar-refractivity contribution is -0.203. The number of carbonyl (C=O) groups is 2. The minimum Gasteiger partial charge on any atom is -0.508 e. The molecule has 1 aromatic carbocycles. The van der Waals surface area contributed by atoms with Crippen molar-refractivity contribution in [1.82, 2.24) is 10.6 Å². The van der Waals surface area contributed by atoms with Crippen molar-refractivity contribution in [2.45, 2.75) is 119 Å². The average Bonchev–Trinajstić information content (AvgIpc) is 2.97. The van der Waals surface area contributed by atoms with Crippen LogP contribution in [0.4, 0.5) is 0 Å². The number of allylic oxidation sites excluding steroid dienone is 2. The van der Waals surface area contributed by atoms with Crippen molar-refractivity contribution in [3.8, 4) is 11.5 Å². The molecule has 2 amide bonds. The highest BCUT2D eigenvalue weighted by molar-refractivity contribution is 5.95. The van der Waals surface area contributed by atoms with Gasteiger partial charge in [0, 0.05) is 24.7 Å². The molecule has 4 fully saturated rings. The van der Waals surface area contributed by atoms with E-state index < -0.39 is 11.3 Å². The van der Waals surface area contributed by atoms with Crippen LogP contribution in [0.1, 0.15) is 123 Å². The smallest absolute Gasteiger partial charge is 0.251 e. The summed E-state index contributed by atoms with van der Waals surface area (Å²) in [6, 6.07) is 3.81. The molecular weight excluding hydrogens is 576 g/mol. The van der Waals surface area contributed by atoms with E-state index in [1.54, 1.807) is 0 Å². The Balaban J connectivity index is 1.23. The minimum atomic E-state index is -0.441. The van der Waals surface area contributed by atoms with E-state index in [1.165, 1.54) is 30.2 Å². The standard InChI is InChI=1S/C39H58N2O5/c1-34(2)14-16-39(33(46)41-19-18-40-32(45)24-20-25(42)22-26(43)21-24)17-15-37(6)27(28(39)23-34)8-9-30-36(5)12-11-31(44)35(3,4)29(36)10-13-38(30,37)7/h8,20-22,28-31,42-44H,9-19,23H2,1-7H3,(H,40,45)(H,41,46)/t28-,29-,30+,31-,36-,37+,38+,39-/m0/s1. The fourth-order valence-corrected chi connectivity index (χ4v) is 12.0. The first-order chi connectivity index (χ1) is 21.4. The molecule has 46 heavy (non-hydrogen) atoms. The number of hydrogen-bond donors (Lipinski definition) is 5. The summed E-state index contributed by atoms with van der Waals surface area (Å²) >= 11 is 0.